The molecule has 3 fully saturated rings. The number of nitrogens with one attached hydrogen (secondary N) is 2. The van der Waals surface area contributed by atoms with E-state index >= 15 is 0 Å². The van der Waals surface area contributed by atoms with Gasteiger partial charge in [-0.15, -0.1) is 0 Å². The second-order valence-electron chi connectivity index (χ2n) is 14.7. The molecule has 252 valence electrons. The van der Waals surface area contributed by atoms with Crippen molar-refractivity contribution in [2.75, 3.05) is 38.0 Å². The molecule has 1 aromatic heterocycles. The molecule has 1 atom stereocenters. The summed E-state index contributed by atoms with van der Waals surface area (Å²) in [4.78, 5) is 53.0. The lowest BCUT2D eigenvalue weighted by molar-refractivity contribution is -0.133. The van der Waals surface area contributed by atoms with Gasteiger partial charge in [0.2, 0.25) is 5.91 Å². The number of amides is 3. The summed E-state index contributed by atoms with van der Waals surface area (Å²) in [5.74, 6) is 1.71. The van der Waals surface area contributed by atoms with Gasteiger partial charge in [-0.05, 0) is 120 Å². The lowest BCUT2D eigenvalue weighted by Gasteiger charge is -2.35. The van der Waals surface area contributed by atoms with E-state index in [2.05, 4.69) is 34.3 Å². The number of nitrogens with zero attached hydrogens (tertiary/aromatic N) is 4. The SMILES string of the molecule is C[C@H]1CCCN1Cc1nc2ccc(NC(=O)c3ccc(C4CCN(C(=O)CC5CCN(C(=O)OC(C)(C)C)CC5)CC4)cc3)cc2[nH]1. The highest BCUT2D eigenvalue weighted by Crippen LogP contribution is 2.30. The summed E-state index contributed by atoms with van der Waals surface area (Å²) in [6.45, 7) is 12.6. The van der Waals surface area contributed by atoms with Crippen molar-refractivity contribution in [3.8, 4) is 0 Å². The Morgan fingerprint density at radius 1 is 0.915 bits per heavy atom. The molecule has 10 heteroatoms. The molecule has 47 heavy (non-hydrogen) atoms. The number of hydrogen-bond donors (Lipinski definition) is 2. The Balaban J connectivity index is 0.948. The second-order valence-corrected chi connectivity index (χ2v) is 14.7. The largest absolute Gasteiger partial charge is 0.444 e. The van der Waals surface area contributed by atoms with Crippen LogP contribution in [0.3, 0.4) is 0 Å². The zero-order valence-corrected chi connectivity index (χ0v) is 28.4. The van der Waals surface area contributed by atoms with Gasteiger partial charge in [0.1, 0.15) is 11.4 Å². The molecule has 0 saturated carbocycles. The Morgan fingerprint density at radius 2 is 1.62 bits per heavy atom. The predicted octanol–water partition coefficient (Wildman–Crippen LogP) is 6.54. The van der Waals surface area contributed by atoms with E-state index in [1.54, 1.807) is 4.90 Å². The van der Waals surface area contributed by atoms with E-state index < -0.39 is 5.60 Å². The number of carbonyl (C=O) groups excluding carboxylic acids is 3. The number of ether oxygens (including phenoxy) is 1. The highest BCUT2D eigenvalue weighted by Gasteiger charge is 2.30. The van der Waals surface area contributed by atoms with E-state index in [0.717, 1.165) is 74.4 Å². The van der Waals surface area contributed by atoms with Gasteiger partial charge < -0.3 is 24.8 Å². The third-order valence-electron chi connectivity index (χ3n) is 10.1. The number of hydrogen-bond acceptors (Lipinski definition) is 6. The molecular weight excluding hydrogens is 592 g/mol. The fourth-order valence-corrected chi connectivity index (χ4v) is 7.23. The van der Waals surface area contributed by atoms with E-state index in [-0.39, 0.29) is 17.9 Å². The number of fused-ring (bicyclic) bond motifs is 1. The molecule has 0 bridgehead atoms. The summed E-state index contributed by atoms with van der Waals surface area (Å²) >= 11 is 0. The van der Waals surface area contributed by atoms with Crippen molar-refractivity contribution >= 4 is 34.6 Å². The molecule has 0 spiro atoms. The number of benzene rings is 2. The maximum absolute atomic E-state index is 13.1. The summed E-state index contributed by atoms with van der Waals surface area (Å²) in [7, 11) is 0. The van der Waals surface area contributed by atoms with Gasteiger partial charge in [0.25, 0.3) is 5.91 Å². The number of piperidine rings is 2. The maximum Gasteiger partial charge on any atom is 0.410 e. The van der Waals surface area contributed by atoms with Crippen LogP contribution in [0.2, 0.25) is 0 Å². The first kappa shape index (κ1) is 33.0. The molecule has 3 aliphatic heterocycles. The fourth-order valence-electron chi connectivity index (χ4n) is 7.23. The molecule has 0 radical (unpaired) electrons. The van der Waals surface area contributed by atoms with E-state index in [1.807, 2.05) is 56.0 Å². The molecular formula is C37H50N6O4. The first-order valence-corrected chi connectivity index (χ1v) is 17.4. The second kappa shape index (κ2) is 14.1. The Labute approximate surface area is 278 Å². The van der Waals surface area contributed by atoms with Crippen LogP contribution >= 0.6 is 0 Å². The van der Waals surface area contributed by atoms with Gasteiger partial charge in [-0.2, -0.15) is 0 Å². The van der Waals surface area contributed by atoms with Crippen LogP contribution in [0.1, 0.15) is 100 Å². The van der Waals surface area contributed by atoms with E-state index in [0.29, 0.717) is 43.0 Å². The summed E-state index contributed by atoms with van der Waals surface area (Å²) in [5.41, 5.74) is 3.90. The van der Waals surface area contributed by atoms with Crippen LogP contribution in [-0.4, -0.2) is 86.9 Å². The molecule has 10 nitrogen and oxygen atoms in total. The van der Waals surface area contributed by atoms with Crippen molar-refractivity contribution in [2.24, 2.45) is 5.92 Å². The van der Waals surface area contributed by atoms with Gasteiger partial charge >= 0.3 is 6.09 Å². The number of rotatable bonds is 7. The van der Waals surface area contributed by atoms with Gasteiger partial charge in [0.05, 0.1) is 17.6 Å². The van der Waals surface area contributed by atoms with Crippen molar-refractivity contribution in [2.45, 2.75) is 96.7 Å². The molecule has 0 aliphatic carbocycles. The van der Waals surface area contributed by atoms with Gasteiger partial charge in [-0.3, -0.25) is 14.5 Å². The topological polar surface area (TPSA) is 111 Å². The lowest BCUT2D eigenvalue weighted by Crippen LogP contribution is -2.43. The first-order chi connectivity index (χ1) is 22.5. The van der Waals surface area contributed by atoms with Crippen molar-refractivity contribution in [3.63, 3.8) is 0 Å². The Bertz CT molecular complexity index is 1560. The average molecular weight is 643 g/mol. The minimum absolute atomic E-state index is 0.140. The summed E-state index contributed by atoms with van der Waals surface area (Å²) in [6, 6.07) is 14.3. The Morgan fingerprint density at radius 3 is 2.28 bits per heavy atom. The Kier molecular flexibility index (Phi) is 9.87. The summed E-state index contributed by atoms with van der Waals surface area (Å²) in [6.07, 6.45) is 6.24. The molecule has 3 amide bonds. The molecule has 2 N–H and O–H groups in total. The van der Waals surface area contributed by atoms with Gasteiger partial charge in [-0.1, -0.05) is 12.1 Å². The van der Waals surface area contributed by atoms with Crippen LogP contribution in [0.15, 0.2) is 42.5 Å². The van der Waals surface area contributed by atoms with E-state index in [9.17, 15) is 14.4 Å². The number of carbonyl (C=O) groups is 3. The van der Waals surface area contributed by atoms with E-state index in [4.69, 9.17) is 9.72 Å². The standard InChI is InChI=1S/C37H50N6O4/c1-25-6-5-17-43(25)24-33-39-31-12-11-30(23-32(31)40-33)38-35(45)29-9-7-27(8-10-29)28-15-20-41(21-16-28)34(44)22-26-13-18-42(19-14-26)36(46)47-37(2,3)4/h7-12,23,25-26,28H,5-6,13-22,24H2,1-4H3,(H,38,45)(H,39,40)/t25-/m0/s1. The van der Waals surface area contributed by atoms with Crippen LogP contribution in [0.25, 0.3) is 11.0 Å². The quantitative estimate of drug-likeness (QED) is 0.303. The van der Waals surface area contributed by atoms with Crippen LogP contribution in [-0.2, 0) is 16.1 Å². The number of imidazole rings is 1. The molecule has 3 saturated heterocycles. The number of aromatic amines is 1. The predicted molar refractivity (Wildman–Crippen MR) is 183 cm³/mol. The molecule has 3 aliphatic rings. The van der Waals surface area contributed by atoms with Crippen LogP contribution in [0.4, 0.5) is 10.5 Å². The normalized spacial score (nSPS) is 20.1. The minimum Gasteiger partial charge on any atom is -0.444 e. The summed E-state index contributed by atoms with van der Waals surface area (Å²) in [5, 5.41) is 3.04. The highest BCUT2D eigenvalue weighted by atomic mass is 16.6. The number of likely N-dealkylation sites (tertiary alicyclic amines) is 3. The van der Waals surface area contributed by atoms with Crippen molar-refractivity contribution in [3.05, 3.63) is 59.4 Å². The van der Waals surface area contributed by atoms with E-state index in [1.165, 1.54) is 18.4 Å². The van der Waals surface area contributed by atoms with Gasteiger partial charge in [0.15, 0.2) is 0 Å². The third kappa shape index (κ3) is 8.33. The van der Waals surface area contributed by atoms with Crippen molar-refractivity contribution < 1.29 is 19.1 Å². The molecule has 0 unspecified atom stereocenters. The number of aromatic nitrogens is 2. The minimum atomic E-state index is -0.499. The molecule has 4 heterocycles. The van der Waals surface area contributed by atoms with Crippen molar-refractivity contribution in [1.29, 1.82) is 0 Å². The smallest absolute Gasteiger partial charge is 0.410 e. The molecule has 6 rings (SSSR count). The van der Waals surface area contributed by atoms with Crippen LogP contribution < -0.4 is 5.32 Å². The molecule has 3 aromatic rings. The Hall–Kier alpha value is -3.92. The third-order valence-corrected chi connectivity index (χ3v) is 10.1. The lowest BCUT2D eigenvalue weighted by atomic mass is 9.88. The fraction of sp³-hybridized carbons (Fsp3) is 0.568. The number of anilines is 1. The van der Waals surface area contributed by atoms with Gasteiger partial charge in [0, 0.05) is 49.9 Å². The van der Waals surface area contributed by atoms with Crippen molar-refractivity contribution in [1.82, 2.24) is 24.7 Å². The maximum atomic E-state index is 13.1. The zero-order valence-electron chi connectivity index (χ0n) is 28.4. The first-order valence-electron chi connectivity index (χ1n) is 17.4. The monoisotopic (exact) mass is 642 g/mol. The summed E-state index contributed by atoms with van der Waals surface area (Å²) < 4.78 is 5.50. The van der Waals surface area contributed by atoms with Gasteiger partial charge in [-0.25, -0.2) is 9.78 Å². The number of H-pyrrole nitrogens is 1. The average Bonchev–Trinajstić information content (AvgIpc) is 3.65. The zero-order chi connectivity index (χ0) is 33.1. The van der Waals surface area contributed by atoms with Crippen LogP contribution in [0, 0.1) is 5.92 Å². The highest BCUT2D eigenvalue weighted by molar-refractivity contribution is 6.05. The molecule has 2 aromatic carbocycles. The van der Waals surface area contributed by atoms with Crippen LogP contribution in [0.5, 0.6) is 0 Å².